The molecule has 1 aliphatic heterocycles. The molecule has 2 heterocycles. The molecule has 1 fully saturated rings. The number of likely N-dealkylation sites (N-methyl/N-ethyl adjacent to an activating group) is 1. The van der Waals surface area contributed by atoms with E-state index in [9.17, 15) is 4.79 Å². The molecule has 0 atom stereocenters. The maximum atomic E-state index is 13.1. The zero-order valence-corrected chi connectivity index (χ0v) is 18.3. The average Bonchev–Trinajstić information content (AvgIpc) is 3.13. The van der Waals surface area contributed by atoms with E-state index in [1.165, 1.54) is 0 Å². The topological polar surface area (TPSA) is 66.7 Å². The van der Waals surface area contributed by atoms with Gasteiger partial charge in [0.05, 0.1) is 5.56 Å². The van der Waals surface area contributed by atoms with Crippen LogP contribution < -0.4 is 15.4 Å². The highest BCUT2D eigenvalue weighted by atomic mass is 16.5. The number of aryl methyl sites for hydroxylation is 1. The number of hydrogen-bond donors (Lipinski definition) is 2. The lowest BCUT2D eigenvalue weighted by atomic mass is 10.0. The van der Waals surface area contributed by atoms with Crippen LogP contribution in [0.3, 0.4) is 0 Å². The van der Waals surface area contributed by atoms with Crippen LogP contribution in [0.25, 0.3) is 11.0 Å². The van der Waals surface area contributed by atoms with Crippen LogP contribution in [0, 0.1) is 6.92 Å². The fourth-order valence-corrected chi connectivity index (χ4v) is 4.14. The first-order chi connectivity index (χ1) is 15.1. The normalized spacial score (nSPS) is 15.3. The number of hydrogen-bond acceptors (Lipinski definition) is 5. The molecule has 0 saturated carbocycles. The van der Waals surface area contributed by atoms with E-state index in [1.54, 1.807) is 0 Å². The van der Waals surface area contributed by atoms with E-state index in [4.69, 9.17) is 9.15 Å². The van der Waals surface area contributed by atoms with E-state index in [1.807, 2.05) is 62.5 Å². The van der Waals surface area contributed by atoms with Gasteiger partial charge in [-0.1, -0.05) is 30.3 Å². The molecule has 0 unspecified atom stereocenters. The summed E-state index contributed by atoms with van der Waals surface area (Å²) >= 11 is 0. The second kappa shape index (κ2) is 9.98. The van der Waals surface area contributed by atoms with Crippen molar-refractivity contribution in [2.45, 2.75) is 32.4 Å². The number of carbonyl (C=O) groups is 1. The third-order valence-electron chi connectivity index (χ3n) is 5.91. The van der Waals surface area contributed by atoms with Gasteiger partial charge in [-0.3, -0.25) is 4.79 Å². The van der Waals surface area contributed by atoms with Crippen molar-refractivity contribution in [3.8, 4) is 5.75 Å². The Morgan fingerprint density at radius 1 is 1.16 bits per heavy atom. The molecule has 2 aromatic carbocycles. The molecule has 31 heavy (non-hydrogen) atoms. The van der Waals surface area contributed by atoms with Gasteiger partial charge < -0.3 is 24.7 Å². The molecule has 164 valence electrons. The molecule has 1 aliphatic rings. The standard InChI is InChI=1S/C25H31N3O3/c1-18-24(25(29)27-20-10-13-28(14-11-20)15-12-26-2)22-16-21(8-9-23(22)31-18)30-17-19-6-4-3-5-7-19/h3-9,16,20,26H,10-15,17H2,1-2H3,(H,27,29). The van der Waals surface area contributed by atoms with Gasteiger partial charge >= 0.3 is 0 Å². The van der Waals surface area contributed by atoms with Crippen LogP contribution in [0.2, 0.25) is 0 Å². The van der Waals surface area contributed by atoms with Crippen molar-refractivity contribution in [3.63, 3.8) is 0 Å². The molecule has 2 N–H and O–H groups in total. The molecule has 0 spiro atoms. The zero-order chi connectivity index (χ0) is 21.6. The highest BCUT2D eigenvalue weighted by Gasteiger charge is 2.24. The largest absolute Gasteiger partial charge is 0.489 e. The van der Waals surface area contributed by atoms with Crippen LogP contribution in [-0.4, -0.2) is 50.1 Å². The number of likely N-dealkylation sites (tertiary alicyclic amines) is 1. The van der Waals surface area contributed by atoms with E-state index >= 15 is 0 Å². The first kappa shape index (κ1) is 21.4. The van der Waals surface area contributed by atoms with Crippen molar-refractivity contribution in [1.29, 1.82) is 0 Å². The number of amides is 1. The van der Waals surface area contributed by atoms with Gasteiger partial charge in [-0.15, -0.1) is 0 Å². The van der Waals surface area contributed by atoms with Crippen LogP contribution in [0.5, 0.6) is 5.75 Å². The molecule has 3 aromatic rings. The second-order valence-electron chi connectivity index (χ2n) is 8.16. The molecular formula is C25H31N3O3. The number of carbonyl (C=O) groups excluding carboxylic acids is 1. The fraction of sp³-hybridized carbons (Fsp3) is 0.400. The maximum Gasteiger partial charge on any atom is 0.255 e. The molecule has 0 aliphatic carbocycles. The Morgan fingerprint density at radius 3 is 2.68 bits per heavy atom. The maximum absolute atomic E-state index is 13.1. The van der Waals surface area contributed by atoms with Gasteiger partial charge in [-0.2, -0.15) is 0 Å². The van der Waals surface area contributed by atoms with Crippen molar-refractivity contribution < 1.29 is 13.9 Å². The molecule has 6 nitrogen and oxygen atoms in total. The first-order valence-corrected chi connectivity index (χ1v) is 11.0. The summed E-state index contributed by atoms with van der Waals surface area (Å²) in [5.74, 6) is 1.30. The number of furan rings is 1. The number of rotatable bonds is 8. The Morgan fingerprint density at radius 2 is 1.94 bits per heavy atom. The molecule has 0 radical (unpaired) electrons. The van der Waals surface area contributed by atoms with E-state index < -0.39 is 0 Å². The van der Waals surface area contributed by atoms with Crippen LogP contribution in [0.15, 0.2) is 52.9 Å². The summed E-state index contributed by atoms with van der Waals surface area (Å²) in [5.41, 5.74) is 2.42. The lowest BCUT2D eigenvalue weighted by molar-refractivity contribution is 0.0911. The van der Waals surface area contributed by atoms with Gasteiger partial charge in [0.15, 0.2) is 0 Å². The monoisotopic (exact) mass is 421 g/mol. The number of ether oxygens (including phenoxy) is 1. The number of piperidine rings is 1. The summed E-state index contributed by atoms with van der Waals surface area (Å²) in [6.07, 6.45) is 1.94. The van der Waals surface area contributed by atoms with E-state index in [-0.39, 0.29) is 11.9 Å². The second-order valence-corrected chi connectivity index (χ2v) is 8.16. The van der Waals surface area contributed by atoms with E-state index in [0.29, 0.717) is 23.5 Å². The van der Waals surface area contributed by atoms with Crippen LogP contribution >= 0.6 is 0 Å². The van der Waals surface area contributed by atoms with Crippen LogP contribution in [0.4, 0.5) is 0 Å². The summed E-state index contributed by atoms with van der Waals surface area (Å²) in [4.78, 5) is 15.6. The van der Waals surface area contributed by atoms with Crippen LogP contribution in [0.1, 0.15) is 34.5 Å². The van der Waals surface area contributed by atoms with Gasteiger partial charge in [-0.05, 0) is 50.6 Å². The molecule has 4 rings (SSSR count). The molecule has 1 saturated heterocycles. The highest BCUT2D eigenvalue weighted by molar-refractivity contribution is 6.07. The summed E-state index contributed by atoms with van der Waals surface area (Å²) in [6, 6.07) is 15.9. The predicted molar refractivity (Wildman–Crippen MR) is 123 cm³/mol. The first-order valence-electron chi connectivity index (χ1n) is 11.0. The van der Waals surface area contributed by atoms with Gasteiger partial charge in [0.1, 0.15) is 23.7 Å². The van der Waals surface area contributed by atoms with E-state index in [2.05, 4.69) is 15.5 Å². The highest BCUT2D eigenvalue weighted by Crippen LogP contribution is 2.30. The Hall–Kier alpha value is -2.83. The Balaban J connectivity index is 1.43. The average molecular weight is 422 g/mol. The summed E-state index contributed by atoms with van der Waals surface area (Å²) in [6.45, 7) is 6.39. The molecule has 1 amide bonds. The van der Waals surface area contributed by atoms with Gasteiger partial charge in [0.2, 0.25) is 0 Å². The third kappa shape index (κ3) is 5.27. The van der Waals surface area contributed by atoms with Crippen molar-refractivity contribution in [2.75, 3.05) is 33.2 Å². The minimum Gasteiger partial charge on any atom is -0.489 e. The van der Waals surface area contributed by atoms with Crippen LogP contribution in [-0.2, 0) is 6.61 Å². The quantitative estimate of drug-likeness (QED) is 0.580. The van der Waals surface area contributed by atoms with Crippen molar-refractivity contribution in [3.05, 3.63) is 65.4 Å². The lowest BCUT2D eigenvalue weighted by Gasteiger charge is -2.32. The number of benzene rings is 2. The Kier molecular flexibility index (Phi) is 6.89. The predicted octanol–water partition coefficient (Wildman–Crippen LogP) is 3.73. The SMILES string of the molecule is CNCCN1CCC(NC(=O)c2c(C)oc3ccc(OCc4ccccc4)cc23)CC1. The molecule has 1 aromatic heterocycles. The molecule has 6 heteroatoms. The summed E-state index contributed by atoms with van der Waals surface area (Å²) in [5, 5.41) is 7.22. The number of fused-ring (bicyclic) bond motifs is 1. The van der Waals surface area contributed by atoms with Crippen molar-refractivity contribution in [2.24, 2.45) is 0 Å². The number of nitrogens with one attached hydrogen (secondary N) is 2. The van der Waals surface area contributed by atoms with Gasteiger partial charge in [-0.25, -0.2) is 0 Å². The minimum absolute atomic E-state index is 0.0647. The fourth-order valence-electron chi connectivity index (χ4n) is 4.14. The van der Waals surface area contributed by atoms with E-state index in [0.717, 1.165) is 55.7 Å². The third-order valence-corrected chi connectivity index (χ3v) is 5.91. The Bertz CT molecular complexity index is 1010. The summed E-state index contributed by atoms with van der Waals surface area (Å²) < 4.78 is 11.8. The summed E-state index contributed by atoms with van der Waals surface area (Å²) in [7, 11) is 1.97. The minimum atomic E-state index is -0.0647. The zero-order valence-electron chi connectivity index (χ0n) is 18.3. The Labute approximate surface area is 183 Å². The lowest BCUT2D eigenvalue weighted by Crippen LogP contribution is -2.46. The van der Waals surface area contributed by atoms with Gasteiger partial charge in [0.25, 0.3) is 5.91 Å². The van der Waals surface area contributed by atoms with Crippen molar-refractivity contribution >= 4 is 16.9 Å². The number of nitrogens with zero attached hydrogens (tertiary/aromatic N) is 1. The molecular weight excluding hydrogens is 390 g/mol. The van der Waals surface area contributed by atoms with Gasteiger partial charge in [0, 0.05) is 37.6 Å². The molecule has 0 bridgehead atoms. The smallest absolute Gasteiger partial charge is 0.255 e. The van der Waals surface area contributed by atoms with Crippen molar-refractivity contribution in [1.82, 2.24) is 15.5 Å².